The number of ether oxygens (including phenoxy) is 1. The first-order valence-electron chi connectivity index (χ1n) is 8.22. The number of fused-ring (bicyclic) bond motifs is 1. The van der Waals surface area contributed by atoms with E-state index in [-0.39, 0.29) is 5.91 Å². The molecular weight excluding hydrogens is 314 g/mol. The first kappa shape index (κ1) is 16.8. The minimum atomic E-state index is -0.253. The molecular formula is C20H21N3O2. The predicted octanol–water partition coefficient (Wildman–Crippen LogP) is 3.65. The van der Waals surface area contributed by atoms with Gasteiger partial charge in [0.2, 0.25) is 0 Å². The third-order valence-corrected chi connectivity index (χ3v) is 4.24. The van der Waals surface area contributed by atoms with Crippen molar-refractivity contribution in [3.8, 4) is 5.75 Å². The zero-order valence-electron chi connectivity index (χ0n) is 14.6. The van der Waals surface area contributed by atoms with Crippen LogP contribution in [0.2, 0.25) is 0 Å². The highest BCUT2D eigenvalue weighted by molar-refractivity contribution is 6.02. The summed E-state index contributed by atoms with van der Waals surface area (Å²) in [7, 11) is 2.02. The van der Waals surface area contributed by atoms with Crippen molar-refractivity contribution >= 4 is 23.0 Å². The Hall–Kier alpha value is -3.08. The number of aryl methyl sites for hydroxylation is 1. The topological polar surface area (TPSA) is 55.6 Å². The van der Waals surface area contributed by atoms with Gasteiger partial charge in [0.1, 0.15) is 5.75 Å². The van der Waals surface area contributed by atoms with Crippen LogP contribution in [0.15, 0.2) is 53.6 Å². The zero-order valence-corrected chi connectivity index (χ0v) is 14.6. The van der Waals surface area contributed by atoms with E-state index < -0.39 is 0 Å². The monoisotopic (exact) mass is 335 g/mol. The van der Waals surface area contributed by atoms with Gasteiger partial charge in [-0.25, -0.2) is 5.43 Å². The SMILES string of the molecule is CCOc1ccc(C(=O)N/N=C\c2c(C)n(C)c3ccccc23)cc1. The van der Waals surface area contributed by atoms with E-state index >= 15 is 0 Å². The Morgan fingerprint density at radius 2 is 1.92 bits per heavy atom. The second kappa shape index (κ2) is 7.21. The second-order valence-electron chi connectivity index (χ2n) is 5.73. The lowest BCUT2D eigenvalue weighted by atomic mass is 10.1. The van der Waals surface area contributed by atoms with Gasteiger partial charge in [0, 0.05) is 34.8 Å². The number of benzene rings is 2. The predicted molar refractivity (Wildman–Crippen MR) is 100 cm³/mol. The molecule has 1 aromatic heterocycles. The van der Waals surface area contributed by atoms with Crippen molar-refractivity contribution in [1.29, 1.82) is 0 Å². The second-order valence-corrected chi connectivity index (χ2v) is 5.73. The van der Waals surface area contributed by atoms with Crippen LogP contribution in [0.3, 0.4) is 0 Å². The van der Waals surface area contributed by atoms with Gasteiger partial charge in [-0.3, -0.25) is 4.79 Å². The fourth-order valence-electron chi connectivity index (χ4n) is 2.80. The summed E-state index contributed by atoms with van der Waals surface area (Å²) < 4.78 is 7.49. The number of nitrogens with one attached hydrogen (secondary N) is 1. The molecule has 1 N–H and O–H groups in total. The molecule has 0 aliphatic heterocycles. The van der Waals surface area contributed by atoms with Crippen LogP contribution in [-0.2, 0) is 7.05 Å². The van der Waals surface area contributed by atoms with Crippen LogP contribution in [0.5, 0.6) is 5.75 Å². The van der Waals surface area contributed by atoms with E-state index in [1.165, 1.54) is 0 Å². The molecule has 0 unspecified atom stereocenters. The normalized spacial score (nSPS) is 11.2. The Labute approximate surface area is 146 Å². The van der Waals surface area contributed by atoms with Crippen molar-refractivity contribution in [3.63, 3.8) is 0 Å². The van der Waals surface area contributed by atoms with Crippen molar-refractivity contribution in [2.45, 2.75) is 13.8 Å². The number of para-hydroxylation sites is 1. The van der Waals surface area contributed by atoms with Gasteiger partial charge in [0.25, 0.3) is 5.91 Å². The number of nitrogens with zero attached hydrogens (tertiary/aromatic N) is 2. The summed E-state index contributed by atoms with van der Waals surface area (Å²) in [6.07, 6.45) is 1.70. The standard InChI is InChI=1S/C20H21N3O2/c1-4-25-16-11-9-15(10-12-16)20(24)22-21-13-18-14(2)23(3)19-8-6-5-7-17(18)19/h5-13H,4H2,1-3H3,(H,22,24)/b21-13-. The van der Waals surface area contributed by atoms with Gasteiger partial charge in [-0.05, 0) is 44.2 Å². The highest BCUT2D eigenvalue weighted by atomic mass is 16.5. The highest BCUT2D eigenvalue weighted by Gasteiger charge is 2.09. The Balaban J connectivity index is 1.75. The Morgan fingerprint density at radius 3 is 2.64 bits per heavy atom. The molecule has 3 aromatic rings. The van der Waals surface area contributed by atoms with Crippen LogP contribution in [0.4, 0.5) is 0 Å². The molecule has 5 nitrogen and oxygen atoms in total. The van der Waals surface area contributed by atoms with Crippen LogP contribution in [-0.4, -0.2) is 23.3 Å². The van der Waals surface area contributed by atoms with Crippen LogP contribution in [0, 0.1) is 6.92 Å². The molecule has 0 saturated heterocycles. The molecule has 0 spiro atoms. The molecule has 3 rings (SSSR count). The average molecular weight is 335 g/mol. The van der Waals surface area contributed by atoms with Gasteiger partial charge < -0.3 is 9.30 Å². The first-order valence-corrected chi connectivity index (χ1v) is 8.22. The molecule has 0 fully saturated rings. The molecule has 0 radical (unpaired) electrons. The smallest absolute Gasteiger partial charge is 0.271 e. The number of hydrogen-bond donors (Lipinski definition) is 1. The van der Waals surface area contributed by atoms with E-state index in [1.807, 2.05) is 33.0 Å². The third-order valence-electron chi connectivity index (χ3n) is 4.24. The number of carbonyl (C=O) groups excluding carboxylic acids is 1. The molecule has 2 aromatic carbocycles. The first-order chi connectivity index (χ1) is 12.1. The Kier molecular flexibility index (Phi) is 4.84. The molecule has 128 valence electrons. The van der Waals surface area contributed by atoms with Crippen LogP contribution < -0.4 is 10.2 Å². The lowest BCUT2D eigenvalue weighted by Gasteiger charge is -2.04. The maximum absolute atomic E-state index is 12.2. The van der Waals surface area contributed by atoms with Crippen LogP contribution in [0.25, 0.3) is 10.9 Å². The summed E-state index contributed by atoms with van der Waals surface area (Å²) in [5.74, 6) is 0.492. The summed E-state index contributed by atoms with van der Waals surface area (Å²) in [4.78, 5) is 12.2. The number of amides is 1. The van der Waals surface area contributed by atoms with Crippen molar-refractivity contribution in [3.05, 3.63) is 65.4 Å². The summed E-state index contributed by atoms with van der Waals surface area (Å²) in [5.41, 5.74) is 6.36. The van der Waals surface area contributed by atoms with E-state index in [4.69, 9.17) is 4.74 Å². The van der Waals surface area contributed by atoms with Gasteiger partial charge in [-0.15, -0.1) is 0 Å². The van der Waals surface area contributed by atoms with Gasteiger partial charge in [-0.2, -0.15) is 5.10 Å². The fourth-order valence-corrected chi connectivity index (χ4v) is 2.80. The van der Waals surface area contributed by atoms with Gasteiger partial charge in [0.15, 0.2) is 0 Å². The number of rotatable bonds is 5. The molecule has 0 aliphatic rings. The fraction of sp³-hybridized carbons (Fsp3) is 0.200. The molecule has 5 heteroatoms. The van der Waals surface area contributed by atoms with E-state index in [1.54, 1.807) is 30.5 Å². The summed E-state index contributed by atoms with van der Waals surface area (Å²) in [6.45, 7) is 4.56. The summed E-state index contributed by atoms with van der Waals surface area (Å²) in [6, 6.07) is 15.1. The molecule has 1 amide bonds. The molecule has 25 heavy (non-hydrogen) atoms. The van der Waals surface area contributed by atoms with Crippen molar-refractivity contribution in [2.24, 2.45) is 12.1 Å². The third kappa shape index (κ3) is 3.40. The molecule has 0 aliphatic carbocycles. The zero-order chi connectivity index (χ0) is 17.8. The number of hydrazone groups is 1. The number of aromatic nitrogens is 1. The van der Waals surface area contributed by atoms with Crippen molar-refractivity contribution < 1.29 is 9.53 Å². The van der Waals surface area contributed by atoms with E-state index in [0.29, 0.717) is 12.2 Å². The summed E-state index contributed by atoms with van der Waals surface area (Å²) in [5, 5.41) is 5.24. The minimum Gasteiger partial charge on any atom is -0.494 e. The molecule has 0 bridgehead atoms. The van der Waals surface area contributed by atoms with Gasteiger partial charge in [0.05, 0.1) is 12.8 Å². The quantitative estimate of drug-likeness (QED) is 0.571. The van der Waals surface area contributed by atoms with E-state index in [2.05, 4.69) is 27.2 Å². The minimum absolute atomic E-state index is 0.253. The van der Waals surface area contributed by atoms with Gasteiger partial charge >= 0.3 is 0 Å². The van der Waals surface area contributed by atoms with Crippen molar-refractivity contribution in [2.75, 3.05) is 6.61 Å². The molecule has 0 saturated carbocycles. The van der Waals surface area contributed by atoms with E-state index in [0.717, 1.165) is 27.9 Å². The van der Waals surface area contributed by atoms with Crippen molar-refractivity contribution in [1.82, 2.24) is 9.99 Å². The maximum Gasteiger partial charge on any atom is 0.271 e. The Morgan fingerprint density at radius 1 is 1.20 bits per heavy atom. The molecule has 1 heterocycles. The molecule has 0 atom stereocenters. The average Bonchev–Trinajstić information content (AvgIpc) is 2.88. The summed E-state index contributed by atoms with van der Waals surface area (Å²) >= 11 is 0. The number of hydrogen-bond acceptors (Lipinski definition) is 3. The lowest BCUT2D eigenvalue weighted by molar-refractivity contribution is 0.0955. The lowest BCUT2D eigenvalue weighted by Crippen LogP contribution is -2.17. The highest BCUT2D eigenvalue weighted by Crippen LogP contribution is 2.23. The van der Waals surface area contributed by atoms with Crippen LogP contribution in [0.1, 0.15) is 28.5 Å². The van der Waals surface area contributed by atoms with E-state index in [9.17, 15) is 4.79 Å². The maximum atomic E-state index is 12.2. The Bertz CT molecular complexity index is 924. The number of carbonyl (C=O) groups is 1. The van der Waals surface area contributed by atoms with Gasteiger partial charge in [-0.1, -0.05) is 18.2 Å². The largest absolute Gasteiger partial charge is 0.494 e. The van der Waals surface area contributed by atoms with Crippen LogP contribution >= 0.6 is 0 Å².